The lowest BCUT2D eigenvalue weighted by Gasteiger charge is -2.22. The highest BCUT2D eigenvalue weighted by molar-refractivity contribution is 7.79. The number of hydrogen-bond donors (Lipinski definition) is 4. The fraction of sp³-hybridized carbons (Fsp3) is 0.833. The average Bonchev–Trinajstić information content (AvgIpc) is 2.12. The second kappa shape index (κ2) is 5.50. The third-order valence-electron chi connectivity index (χ3n) is 1.39. The van der Waals surface area contributed by atoms with E-state index in [1.807, 2.05) is 0 Å². The normalized spacial score (nSPS) is 21.1. The van der Waals surface area contributed by atoms with E-state index >= 15 is 0 Å². The molecule has 0 amide bonds. The number of aliphatic hydroxyl groups is 4. The largest absolute Gasteiger partial charge is 0.388 e. The predicted molar refractivity (Wildman–Crippen MR) is 43.7 cm³/mol. The minimum Gasteiger partial charge on any atom is -0.388 e. The molecule has 0 saturated carbocycles. The second-order valence-electron chi connectivity index (χ2n) is 2.33. The van der Waals surface area contributed by atoms with E-state index in [4.69, 9.17) is 20.4 Å². The van der Waals surface area contributed by atoms with E-state index in [2.05, 4.69) is 12.2 Å². The summed E-state index contributed by atoms with van der Waals surface area (Å²) >= 11 is 4.27. The van der Waals surface area contributed by atoms with Gasteiger partial charge in [0, 0.05) is 5.37 Å². The molecule has 4 atom stereocenters. The van der Waals surface area contributed by atoms with Crippen LogP contribution in [0.15, 0.2) is 0 Å². The number of rotatable bonds is 5. The fourth-order valence-corrected chi connectivity index (χ4v) is 0.762. The molecule has 4 N–H and O–H groups in total. The van der Waals surface area contributed by atoms with Gasteiger partial charge in [0.25, 0.3) is 0 Å². The lowest BCUT2D eigenvalue weighted by atomic mass is 10.1. The molecule has 0 heterocycles. The molecule has 72 valence electrons. The summed E-state index contributed by atoms with van der Waals surface area (Å²) in [7, 11) is 0. The van der Waals surface area contributed by atoms with E-state index in [9.17, 15) is 4.39 Å². The van der Waals surface area contributed by atoms with Crippen LogP contribution in [0.1, 0.15) is 0 Å². The van der Waals surface area contributed by atoms with Crippen LogP contribution in [-0.2, 0) is 0 Å². The lowest BCUT2D eigenvalue weighted by molar-refractivity contribution is -0.0922. The summed E-state index contributed by atoms with van der Waals surface area (Å²) in [6.45, 7) is -1.19. The second-order valence-corrected chi connectivity index (χ2v) is 2.60. The smallest absolute Gasteiger partial charge is 0.118 e. The summed E-state index contributed by atoms with van der Waals surface area (Å²) in [5.74, 6) is 0. The van der Waals surface area contributed by atoms with Crippen molar-refractivity contribution >= 4 is 17.6 Å². The average molecular weight is 198 g/mol. The third kappa shape index (κ3) is 3.08. The molecule has 0 aromatic rings. The Morgan fingerprint density at radius 3 is 2.00 bits per heavy atom. The maximum Gasteiger partial charge on any atom is 0.118 e. The van der Waals surface area contributed by atoms with Crippen molar-refractivity contribution in [1.82, 2.24) is 0 Å². The molecule has 0 rings (SSSR count). The van der Waals surface area contributed by atoms with Crippen LogP contribution < -0.4 is 0 Å². The van der Waals surface area contributed by atoms with Gasteiger partial charge in [-0.05, 0) is 0 Å². The van der Waals surface area contributed by atoms with Gasteiger partial charge in [-0.25, -0.2) is 4.39 Å². The zero-order chi connectivity index (χ0) is 9.72. The number of aliphatic hydroxyl groups excluding tert-OH is 4. The maximum absolute atomic E-state index is 11.7. The van der Waals surface area contributed by atoms with Crippen molar-refractivity contribution in [3.05, 3.63) is 0 Å². The van der Waals surface area contributed by atoms with Gasteiger partial charge in [-0.1, -0.05) is 12.2 Å². The van der Waals surface area contributed by atoms with Gasteiger partial charge in [0.2, 0.25) is 0 Å². The molecule has 0 saturated heterocycles. The first-order valence-corrected chi connectivity index (χ1v) is 3.75. The zero-order valence-electron chi connectivity index (χ0n) is 6.17. The molecular formula is C6H11FO4S. The maximum atomic E-state index is 11.7. The third-order valence-corrected chi connectivity index (χ3v) is 1.67. The molecule has 12 heavy (non-hydrogen) atoms. The highest BCUT2D eigenvalue weighted by atomic mass is 32.1. The fourth-order valence-electron chi connectivity index (χ4n) is 0.601. The van der Waals surface area contributed by atoms with Gasteiger partial charge in [-0.3, -0.25) is 0 Å². The number of thiocarbonyl (C=S) groups is 1. The Hall–Kier alpha value is -0.140. The molecular weight excluding hydrogens is 187 g/mol. The molecule has 0 aromatic heterocycles. The first-order valence-electron chi connectivity index (χ1n) is 3.28. The lowest BCUT2D eigenvalue weighted by Crippen LogP contribution is -2.45. The molecule has 4 nitrogen and oxygen atoms in total. The Labute approximate surface area is 74.3 Å². The molecule has 0 aromatic carbocycles. The molecule has 0 fully saturated rings. The summed E-state index contributed by atoms with van der Waals surface area (Å²) in [5, 5.41) is 36.2. The Bertz CT molecular complexity index is 146. The highest BCUT2D eigenvalue weighted by Crippen LogP contribution is 2.04. The van der Waals surface area contributed by atoms with Crippen molar-refractivity contribution in [2.24, 2.45) is 0 Å². The van der Waals surface area contributed by atoms with Crippen LogP contribution in [0, 0.1) is 0 Å². The summed E-state index contributed by atoms with van der Waals surface area (Å²) in [5.41, 5.74) is 0. The van der Waals surface area contributed by atoms with Gasteiger partial charge >= 0.3 is 0 Å². The summed E-state index contributed by atoms with van der Waals surface area (Å²) in [4.78, 5) is 0. The quantitative estimate of drug-likeness (QED) is 0.400. The summed E-state index contributed by atoms with van der Waals surface area (Å²) in [6, 6.07) is 0. The highest BCUT2D eigenvalue weighted by Gasteiger charge is 2.28. The van der Waals surface area contributed by atoms with Crippen LogP contribution in [0.4, 0.5) is 4.39 Å². The predicted octanol–water partition coefficient (Wildman–Crippen LogP) is -1.60. The van der Waals surface area contributed by atoms with Gasteiger partial charge in [-0.15, -0.1) is 0 Å². The summed E-state index contributed by atoms with van der Waals surface area (Å²) in [6.07, 6.45) is -6.54. The SMILES string of the molecule is O[C@@H]([C@H](O)[C@@H](O)C=S)[C@H](O)CF. The summed E-state index contributed by atoms with van der Waals surface area (Å²) < 4.78 is 11.7. The standard InChI is InChI=1S/C6H11FO4S/c7-1-3(8)5(10)6(11)4(9)2-12/h2-6,8-11H,1H2/t3-,4+,5-,6-/m1/s1. The van der Waals surface area contributed by atoms with Crippen LogP contribution in [-0.4, -0.2) is 56.9 Å². The molecule has 0 spiro atoms. The Morgan fingerprint density at radius 1 is 1.17 bits per heavy atom. The van der Waals surface area contributed by atoms with E-state index in [-0.39, 0.29) is 0 Å². The van der Waals surface area contributed by atoms with Crippen molar-refractivity contribution in [2.75, 3.05) is 6.67 Å². The number of alkyl halides is 1. The first-order chi connectivity index (χ1) is 5.54. The van der Waals surface area contributed by atoms with Crippen molar-refractivity contribution in [3.8, 4) is 0 Å². The first kappa shape index (κ1) is 11.9. The van der Waals surface area contributed by atoms with Crippen LogP contribution in [0.25, 0.3) is 0 Å². The molecule has 0 aliphatic rings. The minimum absolute atomic E-state index is 0.818. The van der Waals surface area contributed by atoms with Gasteiger partial charge in [-0.2, -0.15) is 0 Å². The monoisotopic (exact) mass is 198 g/mol. The number of halogens is 1. The van der Waals surface area contributed by atoms with Crippen LogP contribution in [0.5, 0.6) is 0 Å². The van der Waals surface area contributed by atoms with Crippen molar-refractivity contribution < 1.29 is 24.8 Å². The molecule has 0 radical (unpaired) electrons. The molecule has 0 bridgehead atoms. The van der Waals surface area contributed by atoms with E-state index in [1.54, 1.807) is 0 Å². The van der Waals surface area contributed by atoms with Crippen LogP contribution in [0.3, 0.4) is 0 Å². The van der Waals surface area contributed by atoms with Gasteiger partial charge in [0.1, 0.15) is 31.1 Å². The van der Waals surface area contributed by atoms with Crippen molar-refractivity contribution in [2.45, 2.75) is 24.4 Å². The molecule has 0 aliphatic carbocycles. The van der Waals surface area contributed by atoms with E-state index in [1.165, 1.54) is 0 Å². The van der Waals surface area contributed by atoms with Gasteiger partial charge < -0.3 is 20.4 Å². The molecule has 0 unspecified atom stereocenters. The Morgan fingerprint density at radius 2 is 1.67 bits per heavy atom. The zero-order valence-corrected chi connectivity index (χ0v) is 6.99. The van der Waals surface area contributed by atoms with E-state index in [0.29, 0.717) is 0 Å². The topological polar surface area (TPSA) is 80.9 Å². The van der Waals surface area contributed by atoms with Crippen LogP contribution >= 0.6 is 12.2 Å². The Kier molecular flexibility index (Phi) is 5.43. The van der Waals surface area contributed by atoms with Gasteiger partial charge in [0.15, 0.2) is 0 Å². The van der Waals surface area contributed by atoms with Gasteiger partial charge in [0.05, 0.1) is 0 Å². The minimum atomic E-state index is -1.73. The van der Waals surface area contributed by atoms with Crippen LogP contribution in [0.2, 0.25) is 0 Å². The van der Waals surface area contributed by atoms with E-state index in [0.717, 1.165) is 5.37 Å². The Balaban J connectivity index is 4.07. The number of hydrogen-bond acceptors (Lipinski definition) is 5. The van der Waals surface area contributed by atoms with Crippen molar-refractivity contribution in [1.29, 1.82) is 0 Å². The van der Waals surface area contributed by atoms with Crippen molar-refractivity contribution in [3.63, 3.8) is 0 Å². The molecule has 6 heteroatoms. The van der Waals surface area contributed by atoms with E-state index < -0.39 is 31.1 Å². The molecule has 0 aliphatic heterocycles.